The molecule has 124 valence electrons. The van der Waals surface area contributed by atoms with Crippen LogP contribution in [0.4, 0.5) is 4.79 Å². The Bertz CT molecular complexity index is 596. The van der Waals surface area contributed by atoms with Crippen LogP contribution in [0.1, 0.15) is 44.7 Å². The zero-order valence-electron chi connectivity index (χ0n) is 14.0. The summed E-state index contributed by atoms with van der Waals surface area (Å²) in [6, 6.07) is 7.72. The summed E-state index contributed by atoms with van der Waals surface area (Å²) >= 11 is 0. The molecular formula is C18H24N2O3. The van der Waals surface area contributed by atoms with Gasteiger partial charge in [-0.25, -0.2) is 4.79 Å². The fraction of sp³-hybridized carbons (Fsp3) is 0.556. The quantitative estimate of drug-likeness (QED) is 0.800. The van der Waals surface area contributed by atoms with Gasteiger partial charge in [0.1, 0.15) is 11.6 Å². The first-order valence-electron chi connectivity index (χ1n) is 8.20. The maximum absolute atomic E-state index is 12.9. The van der Waals surface area contributed by atoms with Gasteiger partial charge in [0.25, 0.3) is 0 Å². The minimum Gasteiger partial charge on any atom is -0.444 e. The Morgan fingerprint density at radius 2 is 1.74 bits per heavy atom. The highest BCUT2D eigenvalue weighted by molar-refractivity contribution is 5.86. The highest BCUT2D eigenvalue weighted by atomic mass is 16.6. The molecule has 2 aliphatic heterocycles. The normalized spacial score (nSPS) is 20.6. The molecule has 0 saturated carbocycles. The zero-order chi connectivity index (χ0) is 16.6. The summed E-state index contributed by atoms with van der Waals surface area (Å²) in [4.78, 5) is 28.7. The number of hydrogen-bond acceptors (Lipinski definition) is 3. The molecule has 2 amide bonds. The molecule has 1 atom stereocenters. The molecule has 3 rings (SSSR count). The summed E-state index contributed by atoms with van der Waals surface area (Å²) in [5.41, 5.74) is 1.85. The molecule has 1 fully saturated rings. The first kappa shape index (κ1) is 15.8. The molecule has 2 heterocycles. The zero-order valence-corrected chi connectivity index (χ0v) is 14.0. The van der Waals surface area contributed by atoms with Gasteiger partial charge >= 0.3 is 6.09 Å². The number of fused-ring (bicyclic) bond motifs is 1. The molecule has 0 aliphatic carbocycles. The Morgan fingerprint density at radius 3 is 2.30 bits per heavy atom. The van der Waals surface area contributed by atoms with Gasteiger partial charge in [0.15, 0.2) is 0 Å². The van der Waals surface area contributed by atoms with Crippen LogP contribution in [0.5, 0.6) is 0 Å². The topological polar surface area (TPSA) is 49.9 Å². The Morgan fingerprint density at radius 1 is 1.13 bits per heavy atom. The molecule has 1 saturated heterocycles. The molecule has 0 spiro atoms. The summed E-state index contributed by atoms with van der Waals surface area (Å²) in [6.07, 6.45) is 1.17. The molecule has 1 unspecified atom stereocenters. The number of ether oxygens (including phenoxy) is 1. The molecule has 2 aliphatic rings. The van der Waals surface area contributed by atoms with Crippen molar-refractivity contribution in [3.05, 3.63) is 35.4 Å². The van der Waals surface area contributed by atoms with Gasteiger partial charge in [0.05, 0.1) is 0 Å². The SMILES string of the molecule is CC(C)(C)OC(=O)N1CCCC1C(=O)N1Cc2ccccc2C1. The van der Waals surface area contributed by atoms with E-state index in [-0.39, 0.29) is 18.0 Å². The predicted molar refractivity (Wildman–Crippen MR) is 86.7 cm³/mol. The maximum atomic E-state index is 12.9. The van der Waals surface area contributed by atoms with Gasteiger partial charge < -0.3 is 9.64 Å². The number of carbonyl (C=O) groups excluding carboxylic acids is 2. The van der Waals surface area contributed by atoms with Crippen LogP contribution in [-0.2, 0) is 22.6 Å². The summed E-state index contributed by atoms with van der Waals surface area (Å²) < 4.78 is 5.44. The molecule has 5 nitrogen and oxygen atoms in total. The first-order chi connectivity index (χ1) is 10.8. The number of rotatable bonds is 1. The van der Waals surface area contributed by atoms with Crippen LogP contribution in [0.25, 0.3) is 0 Å². The average molecular weight is 316 g/mol. The highest BCUT2D eigenvalue weighted by Gasteiger charge is 2.39. The number of hydrogen-bond donors (Lipinski definition) is 0. The summed E-state index contributed by atoms with van der Waals surface area (Å²) in [5, 5.41) is 0. The van der Waals surface area contributed by atoms with E-state index in [1.807, 2.05) is 37.8 Å². The number of carbonyl (C=O) groups is 2. The van der Waals surface area contributed by atoms with Crippen LogP contribution in [0.3, 0.4) is 0 Å². The third-order valence-electron chi connectivity index (χ3n) is 4.32. The molecular weight excluding hydrogens is 292 g/mol. The van der Waals surface area contributed by atoms with Gasteiger partial charge in [-0.05, 0) is 44.7 Å². The maximum Gasteiger partial charge on any atom is 0.410 e. The molecule has 0 aromatic heterocycles. The third-order valence-corrected chi connectivity index (χ3v) is 4.32. The highest BCUT2D eigenvalue weighted by Crippen LogP contribution is 2.27. The van der Waals surface area contributed by atoms with Crippen molar-refractivity contribution >= 4 is 12.0 Å². The fourth-order valence-corrected chi connectivity index (χ4v) is 3.26. The monoisotopic (exact) mass is 316 g/mol. The van der Waals surface area contributed by atoms with Gasteiger partial charge in [-0.15, -0.1) is 0 Å². The minimum absolute atomic E-state index is 0.0320. The van der Waals surface area contributed by atoms with Gasteiger partial charge in [-0.1, -0.05) is 24.3 Å². The van der Waals surface area contributed by atoms with Gasteiger partial charge in [-0.2, -0.15) is 0 Å². The standard InChI is InChI=1S/C18H24N2O3/c1-18(2,3)23-17(22)20-10-6-9-15(20)16(21)19-11-13-7-4-5-8-14(13)12-19/h4-5,7-8,15H,6,9-12H2,1-3H3. The van der Waals surface area contributed by atoms with Crippen molar-refractivity contribution in [3.63, 3.8) is 0 Å². The molecule has 0 N–H and O–H groups in total. The lowest BCUT2D eigenvalue weighted by atomic mass is 10.1. The number of nitrogens with zero attached hydrogens (tertiary/aromatic N) is 2. The molecule has 0 bridgehead atoms. The van der Waals surface area contributed by atoms with Gasteiger partial charge in [0.2, 0.25) is 5.91 Å². The number of benzene rings is 1. The van der Waals surface area contributed by atoms with E-state index in [0.29, 0.717) is 26.1 Å². The predicted octanol–water partition coefficient (Wildman–Crippen LogP) is 2.93. The first-order valence-corrected chi connectivity index (χ1v) is 8.20. The Kier molecular flexibility index (Phi) is 4.04. The van der Waals surface area contributed by atoms with Crippen molar-refractivity contribution in [1.82, 2.24) is 9.80 Å². The number of amides is 2. The molecule has 0 radical (unpaired) electrons. The minimum atomic E-state index is -0.544. The van der Waals surface area contributed by atoms with Crippen LogP contribution in [0.2, 0.25) is 0 Å². The van der Waals surface area contributed by atoms with Crippen LogP contribution >= 0.6 is 0 Å². The summed E-state index contributed by atoms with van der Waals surface area (Å²) in [5.74, 6) is 0.0320. The van der Waals surface area contributed by atoms with Crippen LogP contribution in [-0.4, -0.2) is 40.0 Å². The third kappa shape index (κ3) is 3.33. The second kappa shape index (κ2) is 5.87. The summed E-state index contributed by atoms with van der Waals surface area (Å²) in [7, 11) is 0. The van der Waals surface area contributed by atoms with Crippen molar-refractivity contribution in [2.45, 2.75) is 58.3 Å². The van der Waals surface area contributed by atoms with E-state index in [0.717, 1.165) is 6.42 Å². The van der Waals surface area contributed by atoms with E-state index in [4.69, 9.17) is 4.74 Å². The van der Waals surface area contributed by atoms with Crippen molar-refractivity contribution in [1.29, 1.82) is 0 Å². The van der Waals surface area contributed by atoms with Crippen molar-refractivity contribution < 1.29 is 14.3 Å². The van der Waals surface area contributed by atoms with Gasteiger partial charge in [0, 0.05) is 19.6 Å². The van der Waals surface area contributed by atoms with E-state index in [2.05, 4.69) is 12.1 Å². The molecule has 1 aromatic rings. The number of likely N-dealkylation sites (tertiary alicyclic amines) is 1. The Balaban J connectivity index is 1.69. The second-order valence-electron chi connectivity index (χ2n) is 7.29. The van der Waals surface area contributed by atoms with E-state index in [1.54, 1.807) is 4.90 Å². The second-order valence-corrected chi connectivity index (χ2v) is 7.29. The largest absolute Gasteiger partial charge is 0.444 e. The lowest BCUT2D eigenvalue weighted by Gasteiger charge is -2.30. The van der Waals surface area contributed by atoms with Crippen molar-refractivity contribution in [2.24, 2.45) is 0 Å². The summed E-state index contributed by atoms with van der Waals surface area (Å²) in [6.45, 7) is 7.38. The Labute approximate surface area is 137 Å². The molecule has 23 heavy (non-hydrogen) atoms. The van der Waals surface area contributed by atoms with Crippen LogP contribution in [0, 0.1) is 0 Å². The molecule has 1 aromatic carbocycles. The van der Waals surface area contributed by atoms with Crippen molar-refractivity contribution in [3.8, 4) is 0 Å². The molecule has 5 heteroatoms. The van der Waals surface area contributed by atoms with E-state index >= 15 is 0 Å². The van der Waals surface area contributed by atoms with Crippen molar-refractivity contribution in [2.75, 3.05) is 6.54 Å². The van der Waals surface area contributed by atoms with E-state index in [1.165, 1.54) is 11.1 Å². The van der Waals surface area contributed by atoms with E-state index < -0.39 is 5.60 Å². The lowest BCUT2D eigenvalue weighted by molar-refractivity contribution is -0.136. The Hall–Kier alpha value is -2.04. The van der Waals surface area contributed by atoms with Gasteiger partial charge in [-0.3, -0.25) is 9.69 Å². The van der Waals surface area contributed by atoms with Crippen LogP contribution in [0.15, 0.2) is 24.3 Å². The lowest BCUT2D eigenvalue weighted by Crippen LogP contribution is -2.47. The fourth-order valence-electron chi connectivity index (χ4n) is 3.26. The van der Waals surface area contributed by atoms with E-state index in [9.17, 15) is 9.59 Å². The smallest absolute Gasteiger partial charge is 0.410 e. The average Bonchev–Trinajstić information content (AvgIpc) is 3.11. The van der Waals surface area contributed by atoms with Crippen LogP contribution < -0.4 is 0 Å².